The van der Waals surface area contributed by atoms with Gasteiger partial charge in [-0.25, -0.2) is 0 Å². The van der Waals surface area contributed by atoms with Gasteiger partial charge in [0.2, 0.25) is 11.8 Å². The fourth-order valence-corrected chi connectivity index (χ4v) is 7.00. The third-order valence-electron chi connectivity index (χ3n) is 9.40. The molecule has 6 rings (SSSR count). The highest BCUT2D eigenvalue weighted by Crippen LogP contribution is 2.32. The predicted octanol–water partition coefficient (Wildman–Crippen LogP) is 3.98. The van der Waals surface area contributed by atoms with Crippen molar-refractivity contribution in [2.45, 2.75) is 56.3 Å². The van der Waals surface area contributed by atoms with E-state index in [9.17, 15) is 33.0 Å². The van der Waals surface area contributed by atoms with Crippen LogP contribution in [0, 0.1) is 5.92 Å². The zero-order valence-electron chi connectivity index (χ0n) is 27.0. The number of aliphatic hydroxyl groups is 2. The maximum absolute atomic E-state index is 13.8. The van der Waals surface area contributed by atoms with Gasteiger partial charge in [-0.3, -0.25) is 19.4 Å². The molecule has 2 aliphatic rings. The van der Waals surface area contributed by atoms with Crippen LogP contribution in [0.15, 0.2) is 89.3 Å². The Balaban J connectivity index is 1.15. The third-order valence-corrected chi connectivity index (χ3v) is 9.40. The first kappa shape index (κ1) is 34.6. The number of piperazine rings is 1. The van der Waals surface area contributed by atoms with Gasteiger partial charge >= 0.3 is 6.18 Å². The first-order valence-corrected chi connectivity index (χ1v) is 16.6. The second-order valence-corrected chi connectivity index (χ2v) is 13.1. The lowest BCUT2D eigenvalue weighted by Gasteiger charge is -2.41. The number of hydrogen-bond acceptors (Lipinski definition) is 7. The van der Waals surface area contributed by atoms with E-state index >= 15 is 0 Å². The number of nitrogens with zero attached hydrogens (tertiary/aromatic N) is 2. The molecule has 1 aromatic heterocycles. The SMILES string of the molecule is O=C(N[C@H]1c2ccccc2C[C@H]1O)[C@H](Cc1ccccc1)C[C@H](O)CN1CCN(Cc2cc3ccccc3o2)C[C@H]1C(=O)NCC(F)(F)F. The van der Waals surface area contributed by atoms with Gasteiger partial charge < -0.3 is 25.3 Å². The van der Waals surface area contributed by atoms with Gasteiger partial charge in [0, 0.05) is 43.9 Å². The molecule has 3 aromatic carbocycles. The Hall–Kier alpha value is -4.23. The number of furan rings is 1. The largest absolute Gasteiger partial charge is 0.460 e. The molecule has 260 valence electrons. The summed E-state index contributed by atoms with van der Waals surface area (Å²) in [7, 11) is 0. The van der Waals surface area contributed by atoms with Crippen molar-refractivity contribution >= 4 is 22.8 Å². The van der Waals surface area contributed by atoms with Gasteiger partial charge in [0.1, 0.15) is 23.9 Å². The molecule has 0 spiro atoms. The number of nitrogens with one attached hydrogen (secondary N) is 2. The van der Waals surface area contributed by atoms with E-state index in [0.717, 1.165) is 27.7 Å². The number of amides is 2. The summed E-state index contributed by atoms with van der Waals surface area (Å²) in [5.41, 5.74) is 3.44. The molecule has 49 heavy (non-hydrogen) atoms. The summed E-state index contributed by atoms with van der Waals surface area (Å²) in [5.74, 6) is -1.11. The lowest BCUT2D eigenvalue weighted by Crippen LogP contribution is -2.60. The standard InChI is InChI=1S/C37H41F3N4O5/c38-37(39,40)23-41-36(48)31-22-43(21-29-18-26-11-5-7-13-33(26)49-29)14-15-44(31)20-28(45)17-27(16-24-8-2-1-3-9-24)35(47)42-34-30-12-6-4-10-25(30)19-32(34)46/h1-13,18,27-28,31-32,34,45-46H,14-17,19-23H2,(H,41,48)(H,42,47)/t27-,28+,31+,32-,34+/m1/s1. The fourth-order valence-electron chi connectivity index (χ4n) is 7.00. The van der Waals surface area contributed by atoms with Crippen LogP contribution in [0.1, 0.15) is 34.9 Å². The van der Waals surface area contributed by atoms with Crippen molar-refractivity contribution in [3.8, 4) is 0 Å². The molecule has 12 heteroatoms. The van der Waals surface area contributed by atoms with E-state index in [1.807, 2.05) is 95.1 Å². The Bertz CT molecular complexity index is 1700. The summed E-state index contributed by atoms with van der Waals surface area (Å²) in [5, 5.41) is 28.1. The molecule has 0 unspecified atom stereocenters. The average Bonchev–Trinajstić information content (AvgIpc) is 3.63. The van der Waals surface area contributed by atoms with Crippen LogP contribution in [0.3, 0.4) is 0 Å². The first-order chi connectivity index (χ1) is 23.5. The molecule has 2 heterocycles. The highest BCUT2D eigenvalue weighted by Gasteiger charge is 2.38. The Kier molecular flexibility index (Phi) is 10.7. The van der Waals surface area contributed by atoms with E-state index in [2.05, 4.69) is 5.32 Å². The van der Waals surface area contributed by atoms with Crippen molar-refractivity contribution in [1.82, 2.24) is 20.4 Å². The molecule has 2 amide bonds. The van der Waals surface area contributed by atoms with Gasteiger partial charge in [0.15, 0.2) is 0 Å². The average molecular weight is 679 g/mol. The Morgan fingerprint density at radius 3 is 2.49 bits per heavy atom. The molecule has 1 fully saturated rings. The van der Waals surface area contributed by atoms with Gasteiger partial charge in [-0.2, -0.15) is 13.2 Å². The van der Waals surface area contributed by atoms with Crippen molar-refractivity contribution in [2.24, 2.45) is 5.92 Å². The van der Waals surface area contributed by atoms with Crippen LogP contribution >= 0.6 is 0 Å². The summed E-state index contributed by atoms with van der Waals surface area (Å²) in [4.78, 5) is 30.6. The van der Waals surface area contributed by atoms with E-state index in [0.29, 0.717) is 38.2 Å². The van der Waals surface area contributed by atoms with E-state index in [-0.39, 0.29) is 25.4 Å². The summed E-state index contributed by atoms with van der Waals surface area (Å²) in [6, 6.07) is 24.9. The van der Waals surface area contributed by atoms with Crippen LogP contribution in [0.4, 0.5) is 13.2 Å². The van der Waals surface area contributed by atoms with Gasteiger partial charge in [-0.15, -0.1) is 0 Å². The molecule has 4 aromatic rings. The third kappa shape index (κ3) is 8.87. The lowest BCUT2D eigenvalue weighted by atomic mass is 9.91. The van der Waals surface area contributed by atoms with Crippen molar-refractivity contribution in [3.63, 3.8) is 0 Å². The number of benzene rings is 3. The van der Waals surface area contributed by atoms with Crippen molar-refractivity contribution in [1.29, 1.82) is 0 Å². The second-order valence-electron chi connectivity index (χ2n) is 13.1. The number of alkyl halides is 3. The number of halogens is 3. The topological polar surface area (TPSA) is 118 Å². The maximum atomic E-state index is 13.8. The van der Waals surface area contributed by atoms with Crippen LogP contribution in [0.2, 0.25) is 0 Å². The summed E-state index contributed by atoms with van der Waals surface area (Å²) >= 11 is 0. The zero-order valence-corrected chi connectivity index (χ0v) is 27.0. The maximum Gasteiger partial charge on any atom is 0.405 e. The predicted molar refractivity (Wildman–Crippen MR) is 177 cm³/mol. The van der Waals surface area contributed by atoms with Crippen molar-refractivity contribution in [3.05, 3.63) is 107 Å². The molecule has 9 nitrogen and oxygen atoms in total. The summed E-state index contributed by atoms with van der Waals surface area (Å²) in [6.07, 6.45) is -5.63. The molecule has 5 atom stereocenters. The van der Waals surface area contributed by atoms with E-state index in [1.165, 1.54) is 0 Å². The molecular weight excluding hydrogens is 637 g/mol. The molecule has 0 radical (unpaired) electrons. The summed E-state index contributed by atoms with van der Waals surface area (Å²) in [6.45, 7) is -0.195. The van der Waals surface area contributed by atoms with Crippen LogP contribution in [0.5, 0.6) is 0 Å². The van der Waals surface area contributed by atoms with E-state index in [4.69, 9.17) is 4.42 Å². The Labute approximate surface area is 282 Å². The normalized spacial score (nSPS) is 21.3. The van der Waals surface area contributed by atoms with Gasteiger partial charge in [-0.05, 0) is 41.7 Å². The molecule has 0 saturated carbocycles. The number of hydrogen-bond donors (Lipinski definition) is 4. The van der Waals surface area contributed by atoms with Crippen molar-refractivity contribution in [2.75, 3.05) is 32.7 Å². The number of carbonyl (C=O) groups is 2. The molecule has 1 saturated heterocycles. The monoisotopic (exact) mass is 678 g/mol. The minimum atomic E-state index is -4.58. The van der Waals surface area contributed by atoms with E-state index < -0.39 is 48.8 Å². The minimum Gasteiger partial charge on any atom is -0.460 e. The molecular formula is C37H41F3N4O5. The highest BCUT2D eigenvalue weighted by molar-refractivity contribution is 5.82. The molecule has 4 N–H and O–H groups in total. The Morgan fingerprint density at radius 1 is 0.980 bits per heavy atom. The number of rotatable bonds is 12. The quantitative estimate of drug-likeness (QED) is 0.179. The minimum absolute atomic E-state index is 0.0178. The van der Waals surface area contributed by atoms with Crippen LogP contribution < -0.4 is 10.6 Å². The van der Waals surface area contributed by atoms with Crippen LogP contribution in [-0.2, 0) is 29.0 Å². The van der Waals surface area contributed by atoms with E-state index in [1.54, 1.807) is 4.90 Å². The molecule has 1 aliphatic carbocycles. The summed E-state index contributed by atoms with van der Waals surface area (Å²) < 4.78 is 45.1. The highest BCUT2D eigenvalue weighted by atomic mass is 19.4. The number of aliphatic hydroxyl groups excluding tert-OH is 2. The van der Waals surface area contributed by atoms with Gasteiger partial charge in [0.05, 0.1) is 24.8 Å². The van der Waals surface area contributed by atoms with Gasteiger partial charge in [0.25, 0.3) is 0 Å². The van der Waals surface area contributed by atoms with Gasteiger partial charge in [-0.1, -0.05) is 72.8 Å². The number of carbonyl (C=O) groups excluding carboxylic acids is 2. The number of β-amino-alcohol motifs (C(OH)–C–C–N with tert-alkyl or cyclic N) is 1. The first-order valence-electron chi connectivity index (χ1n) is 16.6. The van der Waals surface area contributed by atoms with Crippen LogP contribution in [0.25, 0.3) is 11.0 Å². The number of fused-ring (bicyclic) bond motifs is 2. The number of para-hydroxylation sites is 1. The fraction of sp³-hybridized carbons (Fsp3) is 0.405. The second kappa shape index (κ2) is 15.1. The van der Waals surface area contributed by atoms with Crippen molar-refractivity contribution < 1.29 is 37.4 Å². The molecule has 1 aliphatic heterocycles. The van der Waals surface area contributed by atoms with Crippen LogP contribution in [-0.4, -0.2) is 89.0 Å². The lowest BCUT2D eigenvalue weighted by molar-refractivity contribution is -0.143. The Morgan fingerprint density at radius 2 is 1.71 bits per heavy atom. The zero-order chi connectivity index (χ0) is 34.5. The smallest absolute Gasteiger partial charge is 0.405 e. The molecule has 0 bridgehead atoms.